The molecule has 0 amide bonds. The average Bonchev–Trinajstić information content (AvgIpc) is 2.72. The summed E-state index contributed by atoms with van der Waals surface area (Å²) in [6.07, 6.45) is 0.851. The number of nitrogens with zero attached hydrogens (tertiary/aromatic N) is 3. The molecular weight excluding hydrogens is 306 g/mol. The fourth-order valence-corrected chi connectivity index (χ4v) is 2.75. The van der Waals surface area contributed by atoms with E-state index in [1.807, 2.05) is 25.2 Å². The van der Waals surface area contributed by atoms with Gasteiger partial charge in [-0.2, -0.15) is 0 Å². The number of carboxylic acid groups (broad SMARTS) is 1. The Morgan fingerprint density at radius 2 is 2.09 bits per heavy atom. The van der Waals surface area contributed by atoms with E-state index in [0.717, 1.165) is 29.5 Å². The van der Waals surface area contributed by atoms with Crippen molar-refractivity contribution in [3.8, 4) is 22.9 Å². The smallest absolute Gasteiger partial charge is 0.313 e. The number of carboxylic acids is 1. The molecule has 7 nitrogen and oxygen atoms in total. The van der Waals surface area contributed by atoms with E-state index in [1.165, 1.54) is 0 Å². The first-order valence-corrected chi connectivity index (χ1v) is 7.77. The van der Waals surface area contributed by atoms with Gasteiger partial charge in [0.1, 0.15) is 0 Å². The van der Waals surface area contributed by atoms with Gasteiger partial charge in [-0.05, 0) is 18.2 Å². The van der Waals surface area contributed by atoms with Crippen LogP contribution in [0.15, 0.2) is 23.4 Å². The topological polar surface area (TPSA) is 86.5 Å². The summed E-state index contributed by atoms with van der Waals surface area (Å²) in [7, 11) is 1.81. The number of benzene rings is 1. The Morgan fingerprint density at radius 3 is 2.86 bits per heavy atom. The Morgan fingerprint density at radius 1 is 1.32 bits per heavy atom. The number of ether oxygens (including phenoxy) is 2. The summed E-state index contributed by atoms with van der Waals surface area (Å²) in [6, 6.07) is 5.62. The first-order valence-electron chi connectivity index (χ1n) is 6.79. The van der Waals surface area contributed by atoms with Crippen LogP contribution in [-0.4, -0.2) is 44.8 Å². The van der Waals surface area contributed by atoms with Crippen molar-refractivity contribution in [1.29, 1.82) is 0 Å². The van der Waals surface area contributed by atoms with Gasteiger partial charge >= 0.3 is 5.97 Å². The number of fused-ring (bicyclic) bond motifs is 1. The van der Waals surface area contributed by atoms with Crippen LogP contribution >= 0.6 is 11.8 Å². The molecule has 3 rings (SSSR count). The Bertz CT molecular complexity index is 701. The van der Waals surface area contributed by atoms with Gasteiger partial charge < -0.3 is 19.1 Å². The van der Waals surface area contributed by atoms with E-state index in [9.17, 15) is 4.79 Å². The summed E-state index contributed by atoms with van der Waals surface area (Å²) in [4.78, 5) is 10.6. The molecule has 1 N–H and O–H groups in total. The third-order valence-electron chi connectivity index (χ3n) is 3.17. The zero-order valence-corrected chi connectivity index (χ0v) is 12.8. The van der Waals surface area contributed by atoms with Gasteiger partial charge in [0.25, 0.3) is 0 Å². The zero-order valence-electron chi connectivity index (χ0n) is 12.0. The van der Waals surface area contributed by atoms with Crippen LogP contribution in [0.25, 0.3) is 11.4 Å². The first kappa shape index (κ1) is 14.7. The SMILES string of the molecule is Cn1c(SCC(=O)O)nnc1-c1ccc2c(c1)OCCCO2. The highest BCUT2D eigenvalue weighted by molar-refractivity contribution is 7.99. The van der Waals surface area contributed by atoms with Crippen LogP contribution in [0, 0.1) is 0 Å². The van der Waals surface area contributed by atoms with Gasteiger partial charge in [0.2, 0.25) is 0 Å². The third-order valence-corrected chi connectivity index (χ3v) is 4.17. The highest BCUT2D eigenvalue weighted by Gasteiger charge is 2.16. The van der Waals surface area contributed by atoms with E-state index < -0.39 is 5.97 Å². The maximum atomic E-state index is 10.6. The molecule has 0 unspecified atom stereocenters. The van der Waals surface area contributed by atoms with Crippen molar-refractivity contribution in [3.05, 3.63) is 18.2 Å². The first-order chi connectivity index (χ1) is 10.6. The van der Waals surface area contributed by atoms with E-state index in [2.05, 4.69) is 10.2 Å². The van der Waals surface area contributed by atoms with Crippen molar-refractivity contribution in [3.63, 3.8) is 0 Å². The van der Waals surface area contributed by atoms with Gasteiger partial charge in [-0.3, -0.25) is 4.79 Å². The monoisotopic (exact) mass is 321 g/mol. The molecule has 0 saturated heterocycles. The lowest BCUT2D eigenvalue weighted by atomic mass is 10.2. The minimum atomic E-state index is -0.884. The van der Waals surface area contributed by atoms with Crippen LogP contribution in [-0.2, 0) is 11.8 Å². The van der Waals surface area contributed by atoms with Gasteiger partial charge in [0, 0.05) is 19.0 Å². The fourth-order valence-electron chi connectivity index (χ4n) is 2.12. The molecule has 8 heteroatoms. The van der Waals surface area contributed by atoms with Crippen LogP contribution in [0.4, 0.5) is 0 Å². The molecule has 1 aliphatic heterocycles. The molecule has 0 aliphatic carbocycles. The molecule has 2 aromatic rings. The average molecular weight is 321 g/mol. The van der Waals surface area contributed by atoms with Crippen LogP contribution in [0.3, 0.4) is 0 Å². The Hall–Kier alpha value is -2.22. The Kier molecular flexibility index (Phi) is 4.19. The van der Waals surface area contributed by atoms with Crippen molar-refractivity contribution in [2.24, 2.45) is 7.05 Å². The molecule has 0 fully saturated rings. The number of rotatable bonds is 4. The molecule has 1 aromatic heterocycles. The molecule has 1 aliphatic rings. The van der Waals surface area contributed by atoms with Crippen LogP contribution in [0.2, 0.25) is 0 Å². The van der Waals surface area contributed by atoms with E-state index in [0.29, 0.717) is 29.9 Å². The minimum Gasteiger partial charge on any atom is -0.490 e. The van der Waals surface area contributed by atoms with Crippen molar-refractivity contribution in [2.75, 3.05) is 19.0 Å². The Labute approximate surface area is 131 Å². The molecule has 0 spiro atoms. The maximum absolute atomic E-state index is 10.6. The molecule has 1 aromatic carbocycles. The van der Waals surface area contributed by atoms with E-state index in [4.69, 9.17) is 14.6 Å². The second-order valence-corrected chi connectivity index (χ2v) is 5.70. The summed E-state index contributed by atoms with van der Waals surface area (Å²) in [6.45, 7) is 1.27. The second-order valence-electron chi connectivity index (χ2n) is 4.76. The lowest BCUT2D eigenvalue weighted by molar-refractivity contribution is -0.133. The highest BCUT2D eigenvalue weighted by Crippen LogP contribution is 2.34. The number of hydrogen-bond acceptors (Lipinski definition) is 6. The second kappa shape index (κ2) is 6.27. The highest BCUT2D eigenvalue weighted by atomic mass is 32.2. The maximum Gasteiger partial charge on any atom is 0.313 e. The number of aromatic nitrogens is 3. The summed E-state index contributed by atoms with van der Waals surface area (Å²) >= 11 is 1.14. The normalized spacial score (nSPS) is 13.7. The predicted molar refractivity (Wildman–Crippen MR) is 80.4 cm³/mol. The fraction of sp³-hybridized carbons (Fsp3) is 0.357. The van der Waals surface area contributed by atoms with E-state index >= 15 is 0 Å². The molecule has 2 heterocycles. The molecule has 116 valence electrons. The zero-order chi connectivity index (χ0) is 15.5. The molecule has 0 bridgehead atoms. The van der Waals surface area contributed by atoms with Crippen molar-refractivity contribution >= 4 is 17.7 Å². The third kappa shape index (κ3) is 3.01. The van der Waals surface area contributed by atoms with Crippen molar-refractivity contribution in [2.45, 2.75) is 11.6 Å². The van der Waals surface area contributed by atoms with Crippen LogP contribution in [0.5, 0.6) is 11.5 Å². The summed E-state index contributed by atoms with van der Waals surface area (Å²) in [5, 5.41) is 17.5. The number of hydrogen-bond donors (Lipinski definition) is 1. The summed E-state index contributed by atoms with van der Waals surface area (Å²) < 4.78 is 13.0. The van der Waals surface area contributed by atoms with Gasteiger partial charge in [-0.1, -0.05) is 11.8 Å². The van der Waals surface area contributed by atoms with Crippen molar-refractivity contribution in [1.82, 2.24) is 14.8 Å². The molecular formula is C14H15N3O4S. The van der Waals surface area contributed by atoms with Gasteiger partial charge in [-0.25, -0.2) is 0 Å². The Balaban J connectivity index is 1.88. The van der Waals surface area contributed by atoms with Crippen molar-refractivity contribution < 1.29 is 19.4 Å². The molecule has 0 radical (unpaired) electrons. The predicted octanol–water partition coefficient (Wildman–Crippen LogP) is 1.82. The van der Waals surface area contributed by atoms with Gasteiger partial charge in [0.05, 0.1) is 19.0 Å². The summed E-state index contributed by atoms with van der Waals surface area (Å²) in [5.41, 5.74) is 0.849. The minimum absolute atomic E-state index is 0.0485. The lowest BCUT2D eigenvalue weighted by Crippen LogP contribution is -2.01. The lowest BCUT2D eigenvalue weighted by Gasteiger charge is -2.09. The molecule has 0 atom stereocenters. The summed E-state index contributed by atoms with van der Waals surface area (Å²) in [5.74, 6) is 1.14. The van der Waals surface area contributed by atoms with E-state index in [1.54, 1.807) is 4.57 Å². The number of carbonyl (C=O) groups is 1. The number of aliphatic carboxylic acids is 1. The number of thioether (sulfide) groups is 1. The van der Waals surface area contributed by atoms with Crippen LogP contribution < -0.4 is 9.47 Å². The largest absolute Gasteiger partial charge is 0.490 e. The van der Waals surface area contributed by atoms with Crippen LogP contribution in [0.1, 0.15) is 6.42 Å². The van der Waals surface area contributed by atoms with Gasteiger partial charge in [0.15, 0.2) is 22.5 Å². The quantitative estimate of drug-likeness (QED) is 0.859. The van der Waals surface area contributed by atoms with E-state index in [-0.39, 0.29) is 5.75 Å². The van der Waals surface area contributed by atoms with Gasteiger partial charge in [-0.15, -0.1) is 10.2 Å². The molecule has 0 saturated carbocycles. The standard InChI is InChI=1S/C14H15N3O4S/c1-17-13(15-16-14(17)22-8-12(18)19)9-3-4-10-11(7-9)21-6-2-5-20-10/h3-4,7H,2,5-6,8H2,1H3,(H,18,19). The molecule has 22 heavy (non-hydrogen) atoms.